The van der Waals surface area contributed by atoms with Crippen molar-refractivity contribution < 1.29 is 4.74 Å². The number of ether oxygens (including phenoxy) is 1. The first-order valence-corrected chi connectivity index (χ1v) is 8.14. The highest BCUT2D eigenvalue weighted by molar-refractivity contribution is 5.09. The van der Waals surface area contributed by atoms with Crippen molar-refractivity contribution in [1.82, 2.24) is 5.32 Å². The third-order valence-electron chi connectivity index (χ3n) is 3.69. The van der Waals surface area contributed by atoms with Crippen LogP contribution in [-0.4, -0.2) is 0 Å². The predicted molar refractivity (Wildman–Crippen MR) is 82.5 cm³/mol. The minimum Gasteiger partial charge on any atom is -0.448 e. The molecule has 110 valence electrons. The van der Waals surface area contributed by atoms with Crippen LogP contribution >= 0.6 is 0 Å². The molecule has 0 spiro atoms. The van der Waals surface area contributed by atoms with Crippen LogP contribution in [0.3, 0.4) is 0 Å². The predicted octanol–water partition coefficient (Wildman–Crippen LogP) is 5.62. The summed E-state index contributed by atoms with van der Waals surface area (Å²) in [5, 5.41) is 3.13. The number of hydrogen-bond donors (Lipinski definition) is 1. The Balaban J connectivity index is 1.75. The molecule has 0 aromatic carbocycles. The quantitative estimate of drug-likeness (QED) is 0.462. The summed E-state index contributed by atoms with van der Waals surface area (Å²) in [6.45, 7) is 6.00. The van der Waals surface area contributed by atoms with Gasteiger partial charge in [-0.3, -0.25) is 0 Å². The Bertz CT molecular complexity index is 270. The van der Waals surface area contributed by atoms with Gasteiger partial charge in [-0.05, 0) is 19.4 Å². The van der Waals surface area contributed by atoms with E-state index < -0.39 is 0 Å². The van der Waals surface area contributed by atoms with Gasteiger partial charge in [-0.25, -0.2) is 0 Å². The molecule has 0 atom stereocenters. The molecule has 0 unspecified atom stereocenters. The molecule has 0 saturated carbocycles. The summed E-state index contributed by atoms with van der Waals surface area (Å²) in [4.78, 5) is 0. The topological polar surface area (TPSA) is 21.3 Å². The molecule has 0 aromatic heterocycles. The van der Waals surface area contributed by atoms with Crippen LogP contribution in [0, 0.1) is 0 Å². The van der Waals surface area contributed by atoms with Gasteiger partial charge in [-0.15, -0.1) is 0 Å². The van der Waals surface area contributed by atoms with E-state index in [2.05, 4.69) is 18.8 Å². The monoisotopic (exact) mass is 265 g/mol. The average molecular weight is 265 g/mol. The smallest absolute Gasteiger partial charge is 0.189 e. The summed E-state index contributed by atoms with van der Waals surface area (Å²) in [6, 6.07) is 0. The zero-order valence-corrected chi connectivity index (χ0v) is 12.7. The third-order valence-corrected chi connectivity index (χ3v) is 3.69. The molecule has 2 nitrogen and oxygen atoms in total. The van der Waals surface area contributed by atoms with Crippen molar-refractivity contribution in [1.29, 1.82) is 0 Å². The van der Waals surface area contributed by atoms with Crippen molar-refractivity contribution in [2.24, 2.45) is 0 Å². The molecule has 0 bridgehead atoms. The summed E-state index contributed by atoms with van der Waals surface area (Å²) in [6.07, 6.45) is 18.2. The third kappa shape index (κ3) is 8.74. The summed E-state index contributed by atoms with van der Waals surface area (Å²) in [5.41, 5.74) is 1.18. The molecule has 0 saturated heterocycles. The van der Waals surface area contributed by atoms with Gasteiger partial charge in [0.1, 0.15) is 6.26 Å². The van der Waals surface area contributed by atoms with Gasteiger partial charge in [0, 0.05) is 0 Å². The molecule has 0 fully saturated rings. The summed E-state index contributed by atoms with van der Waals surface area (Å²) in [5.74, 6) is 0.665. The van der Waals surface area contributed by atoms with E-state index in [4.69, 9.17) is 4.74 Å². The Kier molecular flexibility index (Phi) is 9.30. The van der Waals surface area contributed by atoms with Crippen LogP contribution in [0.4, 0.5) is 0 Å². The van der Waals surface area contributed by atoms with E-state index in [-0.39, 0.29) is 0 Å². The molecule has 0 aliphatic carbocycles. The standard InChI is InChI=1S/C17H31NO/c1-3-4-5-6-7-8-9-10-11-12-13-14-17-15-19-16(2)18-17/h15,18H,2-14H2,1H3. The van der Waals surface area contributed by atoms with Gasteiger partial charge < -0.3 is 10.1 Å². The van der Waals surface area contributed by atoms with Crippen LogP contribution in [0.5, 0.6) is 0 Å². The van der Waals surface area contributed by atoms with Crippen molar-refractivity contribution >= 4 is 0 Å². The molecule has 1 aliphatic rings. The Labute approximate surface area is 119 Å². The van der Waals surface area contributed by atoms with Crippen LogP contribution in [0.1, 0.15) is 84.0 Å². The molecule has 1 rings (SSSR count). The van der Waals surface area contributed by atoms with Gasteiger partial charge >= 0.3 is 0 Å². The van der Waals surface area contributed by atoms with E-state index in [0.29, 0.717) is 5.88 Å². The zero-order valence-electron chi connectivity index (χ0n) is 12.7. The van der Waals surface area contributed by atoms with Gasteiger partial charge in [-0.1, -0.05) is 71.1 Å². The highest BCUT2D eigenvalue weighted by atomic mass is 16.5. The van der Waals surface area contributed by atoms with E-state index in [1.165, 1.54) is 76.3 Å². The number of rotatable bonds is 12. The highest BCUT2D eigenvalue weighted by Gasteiger charge is 2.06. The normalized spacial score (nSPS) is 14.2. The fraction of sp³-hybridized carbons (Fsp3) is 0.765. The molecule has 1 aliphatic heterocycles. The zero-order chi connectivity index (χ0) is 13.8. The first-order valence-electron chi connectivity index (χ1n) is 8.14. The van der Waals surface area contributed by atoms with E-state index in [0.717, 1.165) is 6.42 Å². The summed E-state index contributed by atoms with van der Waals surface area (Å²) in [7, 11) is 0. The van der Waals surface area contributed by atoms with Crippen molar-refractivity contribution in [2.45, 2.75) is 84.0 Å². The molecule has 2 heteroatoms. The highest BCUT2D eigenvalue weighted by Crippen LogP contribution is 2.16. The number of unbranched alkanes of at least 4 members (excludes halogenated alkanes) is 10. The van der Waals surface area contributed by atoms with E-state index in [1.807, 2.05) is 0 Å². The van der Waals surface area contributed by atoms with Crippen LogP contribution in [0.15, 0.2) is 24.4 Å². The first kappa shape index (κ1) is 16.1. The fourth-order valence-corrected chi connectivity index (χ4v) is 2.48. The number of nitrogens with one attached hydrogen (secondary N) is 1. The Hall–Kier alpha value is -0.920. The van der Waals surface area contributed by atoms with Crippen LogP contribution in [-0.2, 0) is 4.74 Å². The lowest BCUT2D eigenvalue weighted by Crippen LogP contribution is -2.04. The van der Waals surface area contributed by atoms with Gasteiger partial charge in [-0.2, -0.15) is 0 Å². The van der Waals surface area contributed by atoms with Gasteiger partial charge in [0.15, 0.2) is 5.88 Å². The molecule has 1 N–H and O–H groups in total. The van der Waals surface area contributed by atoms with Crippen LogP contribution < -0.4 is 5.32 Å². The maximum Gasteiger partial charge on any atom is 0.189 e. The molecule has 0 radical (unpaired) electrons. The van der Waals surface area contributed by atoms with E-state index in [9.17, 15) is 0 Å². The van der Waals surface area contributed by atoms with Crippen molar-refractivity contribution in [3.8, 4) is 0 Å². The molecule has 1 heterocycles. The average Bonchev–Trinajstić information content (AvgIpc) is 2.82. The minimum absolute atomic E-state index is 0.665. The van der Waals surface area contributed by atoms with Gasteiger partial charge in [0.2, 0.25) is 0 Å². The van der Waals surface area contributed by atoms with Crippen LogP contribution in [0.25, 0.3) is 0 Å². The van der Waals surface area contributed by atoms with Gasteiger partial charge in [0.25, 0.3) is 0 Å². The lowest BCUT2D eigenvalue weighted by molar-refractivity contribution is 0.359. The van der Waals surface area contributed by atoms with Crippen molar-refractivity contribution in [3.05, 3.63) is 24.4 Å². The Morgan fingerprint density at radius 2 is 1.42 bits per heavy atom. The SMILES string of the molecule is C=C1NC(CCCCCCCCCCCCC)=CO1. The first-order chi connectivity index (χ1) is 9.33. The Morgan fingerprint density at radius 1 is 0.895 bits per heavy atom. The largest absolute Gasteiger partial charge is 0.448 e. The summed E-state index contributed by atoms with van der Waals surface area (Å²) < 4.78 is 5.15. The maximum absolute atomic E-state index is 5.15. The minimum atomic E-state index is 0.665. The van der Waals surface area contributed by atoms with E-state index in [1.54, 1.807) is 6.26 Å². The van der Waals surface area contributed by atoms with Crippen LogP contribution in [0.2, 0.25) is 0 Å². The second kappa shape index (κ2) is 11.0. The molecule has 0 amide bonds. The second-order valence-corrected chi connectivity index (χ2v) is 5.59. The number of hydrogen-bond acceptors (Lipinski definition) is 2. The lowest BCUT2D eigenvalue weighted by Gasteiger charge is -2.03. The molecule has 19 heavy (non-hydrogen) atoms. The fourth-order valence-electron chi connectivity index (χ4n) is 2.48. The van der Waals surface area contributed by atoms with E-state index >= 15 is 0 Å². The molecular weight excluding hydrogens is 234 g/mol. The maximum atomic E-state index is 5.15. The molecular formula is C17H31NO. The molecule has 0 aromatic rings. The Morgan fingerprint density at radius 3 is 1.89 bits per heavy atom. The second-order valence-electron chi connectivity index (χ2n) is 5.59. The summed E-state index contributed by atoms with van der Waals surface area (Å²) >= 11 is 0. The van der Waals surface area contributed by atoms with Gasteiger partial charge in [0.05, 0.1) is 5.70 Å². The van der Waals surface area contributed by atoms with Crippen molar-refractivity contribution in [3.63, 3.8) is 0 Å². The van der Waals surface area contributed by atoms with Crippen molar-refractivity contribution in [2.75, 3.05) is 0 Å². The lowest BCUT2D eigenvalue weighted by atomic mass is 10.0. The number of allylic oxidation sites excluding steroid dienone is 1.